The molecule has 0 aliphatic rings. The molecule has 0 aliphatic heterocycles. The zero-order valence-corrected chi connectivity index (χ0v) is 14.9. The second-order valence-electron chi connectivity index (χ2n) is 5.60. The van der Waals surface area contributed by atoms with Crippen molar-refractivity contribution in [3.05, 3.63) is 58.6 Å². The summed E-state index contributed by atoms with van der Waals surface area (Å²) in [6.45, 7) is 6.43. The van der Waals surface area contributed by atoms with E-state index < -0.39 is 6.10 Å². The first-order valence-electron chi connectivity index (χ1n) is 7.86. The standard InChI is InChI=1S/C19H22ClNO3/c1-13-8-9-17(14(2)12-13)24-15(3)19(22)21-10-11-23-18-7-5-4-6-16(18)20/h4-9,12,15H,10-11H2,1-3H3,(H,21,22)/t15-/m0/s1. The third-order valence-corrected chi connectivity index (χ3v) is 3.81. The fourth-order valence-corrected chi connectivity index (χ4v) is 2.41. The average molecular weight is 348 g/mol. The highest BCUT2D eigenvalue weighted by molar-refractivity contribution is 6.32. The van der Waals surface area contributed by atoms with Crippen molar-refractivity contribution in [2.24, 2.45) is 0 Å². The normalized spacial score (nSPS) is 11.7. The van der Waals surface area contributed by atoms with E-state index in [0.29, 0.717) is 23.9 Å². The highest BCUT2D eigenvalue weighted by atomic mass is 35.5. The van der Waals surface area contributed by atoms with Crippen LogP contribution in [-0.4, -0.2) is 25.2 Å². The first-order chi connectivity index (χ1) is 11.5. The molecule has 0 saturated carbocycles. The molecule has 0 spiro atoms. The van der Waals surface area contributed by atoms with Crippen LogP contribution < -0.4 is 14.8 Å². The van der Waals surface area contributed by atoms with Crippen LogP contribution in [0.15, 0.2) is 42.5 Å². The van der Waals surface area contributed by atoms with Gasteiger partial charge in [-0.05, 0) is 44.5 Å². The Labute approximate surface area is 147 Å². The minimum atomic E-state index is -0.577. The number of aryl methyl sites for hydroxylation is 2. The maximum absolute atomic E-state index is 12.1. The Balaban J connectivity index is 1.76. The second-order valence-corrected chi connectivity index (χ2v) is 6.01. The van der Waals surface area contributed by atoms with Crippen LogP contribution in [0.1, 0.15) is 18.1 Å². The van der Waals surface area contributed by atoms with E-state index in [1.54, 1.807) is 19.1 Å². The second kappa shape index (κ2) is 8.60. The lowest BCUT2D eigenvalue weighted by molar-refractivity contribution is -0.127. The van der Waals surface area contributed by atoms with Gasteiger partial charge in [-0.3, -0.25) is 4.79 Å². The molecule has 0 radical (unpaired) electrons. The third-order valence-electron chi connectivity index (χ3n) is 3.50. The zero-order chi connectivity index (χ0) is 17.5. The number of carbonyl (C=O) groups is 1. The van der Waals surface area contributed by atoms with Crippen LogP contribution in [0.4, 0.5) is 0 Å². The van der Waals surface area contributed by atoms with E-state index in [9.17, 15) is 4.79 Å². The van der Waals surface area contributed by atoms with Crippen LogP contribution in [-0.2, 0) is 4.79 Å². The highest BCUT2D eigenvalue weighted by Crippen LogP contribution is 2.23. The molecular weight excluding hydrogens is 326 g/mol. The lowest BCUT2D eigenvalue weighted by Crippen LogP contribution is -2.38. The van der Waals surface area contributed by atoms with Crippen LogP contribution in [0.25, 0.3) is 0 Å². The molecule has 1 atom stereocenters. The lowest BCUT2D eigenvalue weighted by atomic mass is 10.1. The molecule has 1 N–H and O–H groups in total. The summed E-state index contributed by atoms with van der Waals surface area (Å²) in [5.74, 6) is 1.14. The Morgan fingerprint density at radius 1 is 1.17 bits per heavy atom. The van der Waals surface area contributed by atoms with Gasteiger partial charge in [0.2, 0.25) is 0 Å². The SMILES string of the molecule is Cc1ccc(O[C@@H](C)C(=O)NCCOc2ccccc2Cl)c(C)c1. The molecule has 2 aromatic carbocycles. The fraction of sp³-hybridized carbons (Fsp3) is 0.316. The van der Waals surface area contributed by atoms with Crippen LogP contribution in [0.5, 0.6) is 11.5 Å². The summed E-state index contributed by atoms with van der Waals surface area (Å²) < 4.78 is 11.3. The molecule has 0 aliphatic carbocycles. The molecule has 0 saturated heterocycles. The van der Waals surface area contributed by atoms with Crippen molar-refractivity contribution in [3.8, 4) is 11.5 Å². The van der Waals surface area contributed by atoms with Crippen LogP contribution >= 0.6 is 11.6 Å². The summed E-state index contributed by atoms with van der Waals surface area (Å²) in [4.78, 5) is 12.1. The molecule has 4 nitrogen and oxygen atoms in total. The van der Waals surface area contributed by atoms with Gasteiger partial charge in [-0.2, -0.15) is 0 Å². The van der Waals surface area contributed by atoms with Gasteiger partial charge in [-0.15, -0.1) is 0 Å². The molecule has 2 aromatic rings. The number of amides is 1. The Bertz CT molecular complexity index is 703. The number of nitrogens with one attached hydrogen (secondary N) is 1. The highest BCUT2D eigenvalue weighted by Gasteiger charge is 2.15. The van der Waals surface area contributed by atoms with Crippen molar-refractivity contribution in [1.82, 2.24) is 5.32 Å². The van der Waals surface area contributed by atoms with Gasteiger partial charge in [-0.25, -0.2) is 0 Å². The Morgan fingerprint density at radius 3 is 2.62 bits per heavy atom. The number of carbonyl (C=O) groups excluding carboxylic acids is 1. The van der Waals surface area contributed by atoms with Crippen LogP contribution in [0, 0.1) is 13.8 Å². The molecule has 2 rings (SSSR count). The third kappa shape index (κ3) is 5.17. The van der Waals surface area contributed by atoms with E-state index in [-0.39, 0.29) is 5.91 Å². The summed E-state index contributed by atoms with van der Waals surface area (Å²) in [5, 5.41) is 3.34. The number of para-hydroxylation sites is 1. The molecule has 5 heteroatoms. The molecule has 128 valence electrons. The Hall–Kier alpha value is -2.20. The fourth-order valence-electron chi connectivity index (χ4n) is 2.22. The topological polar surface area (TPSA) is 47.6 Å². The van der Waals surface area contributed by atoms with Crippen molar-refractivity contribution in [3.63, 3.8) is 0 Å². The summed E-state index contributed by atoms with van der Waals surface area (Å²) in [5.41, 5.74) is 2.17. The maximum atomic E-state index is 12.1. The molecule has 0 heterocycles. The largest absolute Gasteiger partial charge is 0.490 e. The number of ether oxygens (including phenoxy) is 2. The van der Waals surface area contributed by atoms with E-state index in [2.05, 4.69) is 5.32 Å². The number of halogens is 1. The zero-order valence-electron chi connectivity index (χ0n) is 14.1. The van der Waals surface area contributed by atoms with Crippen molar-refractivity contribution < 1.29 is 14.3 Å². The molecule has 24 heavy (non-hydrogen) atoms. The number of rotatable bonds is 7. The molecule has 0 unspecified atom stereocenters. The number of hydrogen-bond donors (Lipinski definition) is 1. The van der Waals surface area contributed by atoms with Gasteiger partial charge in [-0.1, -0.05) is 41.4 Å². The van der Waals surface area contributed by atoms with Crippen LogP contribution in [0.2, 0.25) is 5.02 Å². The first kappa shape index (κ1) is 18.1. The van der Waals surface area contributed by atoms with Crippen molar-refractivity contribution in [1.29, 1.82) is 0 Å². The monoisotopic (exact) mass is 347 g/mol. The van der Waals surface area contributed by atoms with Gasteiger partial charge in [0.1, 0.15) is 18.1 Å². The van der Waals surface area contributed by atoms with Crippen molar-refractivity contribution in [2.45, 2.75) is 26.9 Å². The molecular formula is C19H22ClNO3. The summed E-state index contributed by atoms with van der Waals surface area (Å²) >= 11 is 6.00. The quantitative estimate of drug-likeness (QED) is 0.772. The number of benzene rings is 2. The van der Waals surface area contributed by atoms with Gasteiger partial charge in [0.25, 0.3) is 5.91 Å². The average Bonchev–Trinajstić information content (AvgIpc) is 2.55. The Morgan fingerprint density at radius 2 is 1.92 bits per heavy atom. The van der Waals surface area contributed by atoms with Gasteiger partial charge >= 0.3 is 0 Å². The lowest BCUT2D eigenvalue weighted by Gasteiger charge is -2.16. The van der Waals surface area contributed by atoms with Crippen molar-refractivity contribution in [2.75, 3.05) is 13.2 Å². The predicted octanol–water partition coefficient (Wildman–Crippen LogP) is 3.92. The van der Waals surface area contributed by atoms with E-state index >= 15 is 0 Å². The number of hydrogen-bond acceptors (Lipinski definition) is 3. The van der Waals surface area contributed by atoms with Gasteiger partial charge < -0.3 is 14.8 Å². The van der Waals surface area contributed by atoms with E-state index in [0.717, 1.165) is 16.9 Å². The molecule has 1 amide bonds. The Kier molecular flexibility index (Phi) is 6.50. The summed E-state index contributed by atoms with van der Waals surface area (Å²) in [6, 6.07) is 13.1. The van der Waals surface area contributed by atoms with Gasteiger partial charge in [0.05, 0.1) is 11.6 Å². The molecule has 0 aromatic heterocycles. The maximum Gasteiger partial charge on any atom is 0.260 e. The van der Waals surface area contributed by atoms with E-state index in [1.165, 1.54) is 0 Å². The van der Waals surface area contributed by atoms with Gasteiger partial charge in [0, 0.05) is 0 Å². The molecule has 0 fully saturated rings. The predicted molar refractivity (Wildman–Crippen MR) is 96.0 cm³/mol. The van der Waals surface area contributed by atoms with Gasteiger partial charge in [0.15, 0.2) is 6.10 Å². The van der Waals surface area contributed by atoms with E-state index in [4.69, 9.17) is 21.1 Å². The molecule has 0 bridgehead atoms. The smallest absolute Gasteiger partial charge is 0.260 e. The van der Waals surface area contributed by atoms with Crippen molar-refractivity contribution >= 4 is 17.5 Å². The summed E-state index contributed by atoms with van der Waals surface area (Å²) in [6.07, 6.45) is -0.577. The minimum Gasteiger partial charge on any atom is -0.490 e. The van der Waals surface area contributed by atoms with Crippen LogP contribution in [0.3, 0.4) is 0 Å². The minimum absolute atomic E-state index is 0.183. The first-order valence-corrected chi connectivity index (χ1v) is 8.24. The van der Waals surface area contributed by atoms with E-state index in [1.807, 2.05) is 44.2 Å². The summed E-state index contributed by atoms with van der Waals surface area (Å²) in [7, 11) is 0.